The minimum atomic E-state index is -1.02. The van der Waals surface area contributed by atoms with E-state index in [-0.39, 0.29) is 6.61 Å². The van der Waals surface area contributed by atoms with Crippen LogP contribution in [0.25, 0.3) is 6.08 Å². The zero-order valence-corrected chi connectivity index (χ0v) is 11.7. The van der Waals surface area contributed by atoms with Crippen LogP contribution in [0.5, 0.6) is 0 Å². The van der Waals surface area contributed by atoms with Crippen LogP contribution in [0, 0.1) is 6.92 Å². The van der Waals surface area contributed by atoms with Crippen molar-refractivity contribution in [3.05, 3.63) is 29.5 Å². The molecular weight excluding hydrogens is 274 g/mol. The Labute approximate surface area is 122 Å². The van der Waals surface area contributed by atoms with Crippen LogP contribution in [-0.2, 0) is 14.3 Å². The Balaban J connectivity index is 2.27. The molecule has 1 atom stereocenters. The van der Waals surface area contributed by atoms with Gasteiger partial charge in [0.25, 0.3) is 0 Å². The number of rotatable bonds is 4. The van der Waals surface area contributed by atoms with Crippen molar-refractivity contribution < 1.29 is 19.4 Å². The molecule has 1 aromatic rings. The standard InChI is InChI=1S/C14H17N3O4/c1-9-6-10(2-3-12(18)19)7-16-14(9)17-4-5-21-8-11(17)13(15)20/h2-3,6-7,11H,4-5,8H2,1H3,(H2,15,20)(H,18,19)/b3-2+. The number of aliphatic carboxylic acids is 1. The molecule has 1 unspecified atom stereocenters. The highest BCUT2D eigenvalue weighted by Crippen LogP contribution is 2.22. The average molecular weight is 291 g/mol. The quantitative estimate of drug-likeness (QED) is 0.766. The summed E-state index contributed by atoms with van der Waals surface area (Å²) in [5.41, 5.74) is 6.92. The van der Waals surface area contributed by atoms with Crippen molar-refractivity contribution in [2.75, 3.05) is 24.7 Å². The van der Waals surface area contributed by atoms with Crippen LogP contribution in [0.15, 0.2) is 18.3 Å². The fourth-order valence-electron chi connectivity index (χ4n) is 2.24. The van der Waals surface area contributed by atoms with Gasteiger partial charge in [-0.05, 0) is 30.2 Å². The molecule has 21 heavy (non-hydrogen) atoms. The minimum Gasteiger partial charge on any atom is -0.478 e. The number of amides is 1. The normalized spacial score (nSPS) is 18.9. The molecule has 3 N–H and O–H groups in total. The third-order valence-electron chi connectivity index (χ3n) is 3.22. The second kappa shape index (κ2) is 6.36. The van der Waals surface area contributed by atoms with Crippen LogP contribution < -0.4 is 10.6 Å². The van der Waals surface area contributed by atoms with Crippen LogP contribution in [0.2, 0.25) is 0 Å². The van der Waals surface area contributed by atoms with Gasteiger partial charge in [0.2, 0.25) is 5.91 Å². The molecule has 0 spiro atoms. The third-order valence-corrected chi connectivity index (χ3v) is 3.22. The van der Waals surface area contributed by atoms with E-state index in [1.807, 2.05) is 17.9 Å². The molecule has 0 saturated carbocycles. The number of hydrogen-bond donors (Lipinski definition) is 2. The van der Waals surface area contributed by atoms with Crippen LogP contribution in [0.4, 0.5) is 5.82 Å². The number of ether oxygens (including phenoxy) is 1. The summed E-state index contributed by atoms with van der Waals surface area (Å²) >= 11 is 0. The number of aromatic nitrogens is 1. The number of hydrogen-bond acceptors (Lipinski definition) is 5. The number of carboxylic acids is 1. The number of anilines is 1. The molecule has 1 amide bonds. The number of nitrogens with zero attached hydrogens (tertiary/aromatic N) is 2. The second-order valence-corrected chi connectivity index (χ2v) is 4.77. The minimum absolute atomic E-state index is 0.247. The Kier molecular flexibility index (Phi) is 4.54. The van der Waals surface area contributed by atoms with Gasteiger partial charge in [0.05, 0.1) is 13.2 Å². The summed E-state index contributed by atoms with van der Waals surface area (Å²) in [6.07, 6.45) is 4.09. The number of nitrogens with two attached hydrogens (primary N) is 1. The first-order valence-electron chi connectivity index (χ1n) is 6.50. The van der Waals surface area contributed by atoms with Gasteiger partial charge in [-0.2, -0.15) is 0 Å². The Bertz CT molecular complexity index is 586. The second-order valence-electron chi connectivity index (χ2n) is 4.77. The lowest BCUT2D eigenvalue weighted by Gasteiger charge is -2.35. The van der Waals surface area contributed by atoms with Gasteiger partial charge in [-0.15, -0.1) is 0 Å². The van der Waals surface area contributed by atoms with Crippen molar-refractivity contribution in [3.63, 3.8) is 0 Å². The summed E-state index contributed by atoms with van der Waals surface area (Å²) < 4.78 is 5.28. The smallest absolute Gasteiger partial charge is 0.328 e. The Morgan fingerprint density at radius 1 is 1.57 bits per heavy atom. The lowest BCUT2D eigenvalue weighted by Crippen LogP contribution is -2.53. The van der Waals surface area contributed by atoms with Crippen molar-refractivity contribution >= 4 is 23.8 Å². The van der Waals surface area contributed by atoms with Crippen LogP contribution >= 0.6 is 0 Å². The number of morpholine rings is 1. The first-order chi connectivity index (χ1) is 9.99. The lowest BCUT2D eigenvalue weighted by molar-refractivity contribution is -0.131. The zero-order chi connectivity index (χ0) is 15.4. The van der Waals surface area contributed by atoms with Crippen molar-refractivity contribution in [1.29, 1.82) is 0 Å². The highest BCUT2D eigenvalue weighted by molar-refractivity contribution is 5.85. The van der Waals surface area contributed by atoms with Crippen molar-refractivity contribution in [1.82, 2.24) is 4.98 Å². The predicted molar refractivity (Wildman–Crippen MR) is 76.8 cm³/mol. The topological polar surface area (TPSA) is 106 Å². The van der Waals surface area contributed by atoms with Crippen LogP contribution in [0.3, 0.4) is 0 Å². The molecule has 2 heterocycles. The SMILES string of the molecule is Cc1cc(/C=C/C(=O)O)cnc1N1CCOCC1C(N)=O. The molecule has 7 heteroatoms. The summed E-state index contributed by atoms with van der Waals surface area (Å²) in [5.74, 6) is -0.806. The largest absolute Gasteiger partial charge is 0.478 e. The number of primary amides is 1. The highest BCUT2D eigenvalue weighted by atomic mass is 16.5. The highest BCUT2D eigenvalue weighted by Gasteiger charge is 2.29. The zero-order valence-electron chi connectivity index (χ0n) is 11.7. The average Bonchev–Trinajstić information content (AvgIpc) is 2.45. The summed E-state index contributed by atoms with van der Waals surface area (Å²) in [6, 6.07) is 1.28. The van der Waals surface area contributed by atoms with Crippen molar-refractivity contribution in [2.24, 2.45) is 5.73 Å². The molecule has 0 aliphatic carbocycles. The lowest BCUT2D eigenvalue weighted by atomic mass is 10.1. The van der Waals surface area contributed by atoms with Crippen LogP contribution in [-0.4, -0.2) is 47.8 Å². The fraction of sp³-hybridized carbons (Fsp3) is 0.357. The summed E-state index contributed by atoms with van der Waals surface area (Å²) in [7, 11) is 0. The van der Waals surface area contributed by atoms with E-state index in [2.05, 4.69) is 4.98 Å². The summed E-state index contributed by atoms with van der Waals surface area (Å²) in [4.78, 5) is 28.2. The van der Waals surface area contributed by atoms with Crippen LogP contribution in [0.1, 0.15) is 11.1 Å². The first-order valence-corrected chi connectivity index (χ1v) is 6.50. The van der Waals surface area contributed by atoms with Gasteiger partial charge in [0, 0.05) is 18.8 Å². The number of aryl methyl sites for hydroxylation is 1. The van der Waals surface area contributed by atoms with E-state index >= 15 is 0 Å². The van der Waals surface area contributed by atoms with Gasteiger partial charge in [-0.25, -0.2) is 9.78 Å². The Hall–Kier alpha value is -2.41. The number of pyridine rings is 1. The van der Waals surface area contributed by atoms with Gasteiger partial charge in [-0.1, -0.05) is 0 Å². The molecule has 1 aliphatic rings. The molecule has 0 bridgehead atoms. The molecule has 1 aromatic heterocycles. The number of carbonyl (C=O) groups excluding carboxylic acids is 1. The predicted octanol–water partition coefficient (Wildman–Crippen LogP) is 0.178. The third kappa shape index (κ3) is 3.57. The van der Waals surface area contributed by atoms with Gasteiger partial charge >= 0.3 is 5.97 Å². The Morgan fingerprint density at radius 2 is 2.33 bits per heavy atom. The monoisotopic (exact) mass is 291 g/mol. The van der Waals surface area contributed by atoms with E-state index in [1.165, 1.54) is 6.08 Å². The molecule has 7 nitrogen and oxygen atoms in total. The van der Waals surface area contributed by atoms with Gasteiger partial charge in [0.15, 0.2) is 0 Å². The molecule has 1 saturated heterocycles. The van der Waals surface area contributed by atoms with E-state index in [9.17, 15) is 9.59 Å². The molecule has 112 valence electrons. The molecular formula is C14H17N3O4. The Morgan fingerprint density at radius 3 is 2.95 bits per heavy atom. The molecule has 0 aromatic carbocycles. The summed E-state index contributed by atoms with van der Waals surface area (Å²) in [6.45, 7) is 3.14. The van der Waals surface area contributed by atoms with E-state index in [0.717, 1.165) is 11.6 Å². The van der Waals surface area contributed by atoms with Crippen molar-refractivity contribution in [3.8, 4) is 0 Å². The molecule has 1 aliphatic heterocycles. The number of carboxylic acid groups (broad SMARTS) is 1. The van der Waals surface area contributed by atoms with Gasteiger partial charge in [-0.3, -0.25) is 4.79 Å². The maximum absolute atomic E-state index is 11.5. The maximum Gasteiger partial charge on any atom is 0.328 e. The van der Waals surface area contributed by atoms with Crippen molar-refractivity contribution in [2.45, 2.75) is 13.0 Å². The molecule has 0 radical (unpaired) electrons. The number of carbonyl (C=O) groups is 2. The van der Waals surface area contributed by atoms with E-state index in [1.54, 1.807) is 6.20 Å². The van der Waals surface area contributed by atoms with E-state index in [4.69, 9.17) is 15.6 Å². The van der Waals surface area contributed by atoms with E-state index < -0.39 is 17.9 Å². The maximum atomic E-state index is 11.5. The summed E-state index contributed by atoms with van der Waals surface area (Å²) in [5, 5.41) is 8.62. The van der Waals surface area contributed by atoms with E-state index in [0.29, 0.717) is 24.5 Å². The molecule has 1 fully saturated rings. The van der Waals surface area contributed by atoms with Gasteiger partial charge in [0.1, 0.15) is 11.9 Å². The van der Waals surface area contributed by atoms with Gasteiger partial charge < -0.3 is 20.5 Å². The fourth-order valence-corrected chi connectivity index (χ4v) is 2.24. The molecule has 2 rings (SSSR count). The first kappa shape index (κ1) is 15.0.